The Morgan fingerprint density at radius 3 is 2.32 bits per heavy atom. The lowest BCUT2D eigenvalue weighted by Crippen LogP contribution is -2.22. The monoisotopic (exact) mass is 260 g/mol. The summed E-state index contributed by atoms with van der Waals surface area (Å²) in [6.07, 6.45) is 4.39. The number of hydrogen-bond acceptors (Lipinski definition) is 4. The van der Waals surface area contributed by atoms with Gasteiger partial charge in [0.05, 0.1) is 0 Å². The minimum Gasteiger partial charge on any atom is -0.344 e. The van der Waals surface area contributed by atoms with Gasteiger partial charge in [-0.05, 0) is 30.7 Å². The van der Waals surface area contributed by atoms with Crippen LogP contribution in [0.5, 0.6) is 0 Å². The molecule has 100 valence electrons. The number of anilines is 1. The Labute approximate surface area is 112 Å². The maximum atomic E-state index is 12.8. The van der Waals surface area contributed by atoms with Gasteiger partial charge in [-0.1, -0.05) is 12.1 Å². The molecule has 5 heteroatoms. The van der Waals surface area contributed by atoms with Gasteiger partial charge in [-0.3, -0.25) is 0 Å². The van der Waals surface area contributed by atoms with Crippen LogP contribution in [0.1, 0.15) is 6.42 Å². The summed E-state index contributed by atoms with van der Waals surface area (Å²) in [7, 11) is 1.93. The van der Waals surface area contributed by atoms with Crippen LogP contribution in [0.15, 0.2) is 36.7 Å². The summed E-state index contributed by atoms with van der Waals surface area (Å²) < 4.78 is 12.8. The van der Waals surface area contributed by atoms with Gasteiger partial charge < -0.3 is 10.6 Å². The number of hydrogen-bond donors (Lipinski definition) is 1. The van der Waals surface area contributed by atoms with Crippen molar-refractivity contribution in [2.24, 2.45) is 5.73 Å². The van der Waals surface area contributed by atoms with E-state index in [0.29, 0.717) is 12.5 Å². The second-order valence-corrected chi connectivity index (χ2v) is 4.34. The first-order valence-corrected chi connectivity index (χ1v) is 6.20. The molecule has 1 heterocycles. The molecule has 2 aromatic rings. The Hall–Kier alpha value is -2.01. The van der Waals surface area contributed by atoms with Gasteiger partial charge in [0.1, 0.15) is 5.82 Å². The molecular weight excluding hydrogens is 243 g/mol. The molecule has 0 atom stereocenters. The zero-order valence-electron chi connectivity index (χ0n) is 10.9. The van der Waals surface area contributed by atoms with Crippen LogP contribution in [0, 0.1) is 5.82 Å². The minimum absolute atomic E-state index is 0.247. The van der Waals surface area contributed by atoms with E-state index in [1.807, 2.05) is 11.9 Å². The maximum absolute atomic E-state index is 12.8. The second kappa shape index (κ2) is 6.24. The second-order valence-electron chi connectivity index (χ2n) is 4.34. The SMILES string of the molecule is CN(CCCN)c1ncc(-c2ccc(F)cc2)cn1. The number of nitrogens with two attached hydrogens (primary N) is 1. The maximum Gasteiger partial charge on any atom is 0.225 e. The van der Waals surface area contributed by atoms with Crippen molar-refractivity contribution < 1.29 is 4.39 Å². The lowest BCUT2D eigenvalue weighted by molar-refractivity contribution is 0.628. The molecule has 2 rings (SSSR count). The third-order valence-corrected chi connectivity index (χ3v) is 2.85. The zero-order valence-corrected chi connectivity index (χ0v) is 10.9. The predicted octanol–water partition coefficient (Wildman–Crippen LogP) is 2.07. The molecule has 19 heavy (non-hydrogen) atoms. The van der Waals surface area contributed by atoms with Gasteiger partial charge >= 0.3 is 0 Å². The van der Waals surface area contributed by atoms with E-state index in [2.05, 4.69) is 9.97 Å². The van der Waals surface area contributed by atoms with Gasteiger partial charge in [-0.25, -0.2) is 14.4 Å². The Bertz CT molecular complexity index is 510. The largest absolute Gasteiger partial charge is 0.344 e. The molecule has 0 radical (unpaired) electrons. The summed E-state index contributed by atoms with van der Waals surface area (Å²) in [5.41, 5.74) is 7.24. The molecule has 2 N–H and O–H groups in total. The van der Waals surface area contributed by atoms with Gasteiger partial charge in [0.25, 0.3) is 0 Å². The van der Waals surface area contributed by atoms with Crippen LogP contribution in [0.25, 0.3) is 11.1 Å². The van der Waals surface area contributed by atoms with Gasteiger partial charge in [-0.15, -0.1) is 0 Å². The number of benzene rings is 1. The third kappa shape index (κ3) is 3.48. The smallest absolute Gasteiger partial charge is 0.225 e. The molecule has 0 saturated carbocycles. The fourth-order valence-corrected chi connectivity index (χ4v) is 1.74. The molecule has 0 saturated heterocycles. The molecule has 0 amide bonds. The average molecular weight is 260 g/mol. The van der Waals surface area contributed by atoms with E-state index < -0.39 is 0 Å². The van der Waals surface area contributed by atoms with E-state index in [9.17, 15) is 4.39 Å². The first-order chi connectivity index (χ1) is 9.20. The molecule has 0 spiro atoms. The number of halogens is 1. The zero-order chi connectivity index (χ0) is 13.7. The highest BCUT2D eigenvalue weighted by atomic mass is 19.1. The fourth-order valence-electron chi connectivity index (χ4n) is 1.74. The summed E-state index contributed by atoms with van der Waals surface area (Å²) in [4.78, 5) is 10.6. The van der Waals surface area contributed by atoms with Gasteiger partial charge in [-0.2, -0.15) is 0 Å². The number of nitrogens with zero attached hydrogens (tertiary/aromatic N) is 3. The van der Waals surface area contributed by atoms with Crippen molar-refractivity contribution in [3.05, 3.63) is 42.5 Å². The molecule has 1 aromatic heterocycles. The molecule has 0 unspecified atom stereocenters. The van der Waals surface area contributed by atoms with Gasteiger partial charge in [0, 0.05) is 31.5 Å². The summed E-state index contributed by atoms with van der Waals surface area (Å²) in [5, 5.41) is 0. The normalized spacial score (nSPS) is 10.5. The van der Waals surface area contributed by atoms with E-state index in [1.54, 1.807) is 24.5 Å². The number of rotatable bonds is 5. The topological polar surface area (TPSA) is 55.0 Å². The molecule has 0 bridgehead atoms. The molecule has 0 aliphatic heterocycles. The van der Waals surface area contributed by atoms with E-state index in [4.69, 9.17) is 5.73 Å². The first kappa shape index (κ1) is 13.4. The molecule has 4 nitrogen and oxygen atoms in total. The Balaban J connectivity index is 2.11. The van der Waals surface area contributed by atoms with Crippen LogP contribution in [0.2, 0.25) is 0 Å². The summed E-state index contributed by atoms with van der Waals surface area (Å²) in [5.74, 6) is 0.419. The minimum atomic E-state index is -0.247. The van der Waals surface area contributed by atoms with Crippen molar-refractivity contribution in [1.29, 1.82) is 0 Å². The summed E-state index contributed by atoms with van der Waals surface area (Å²) >= 11 is 0. The van der Waals surface area contributed by atoms with Crippen LogP contribution >= 0.6 is 0 Å². The van der Waals surface area contributed by atoms with Crippen molar-refractivity contribution >= 4 is 5.95 Å². The molecule has 1 aromatic carbocycles. The lowest BCUT2D eigenvalue weighted by Gasteiger charge is -2.16. The average Bonchev–Trinajstić information content (AvgIpc) is 2.46. The van der Waals surface area contributed by atoms with Crippen molar-refractivity contribution in [2.45, 2.75) is 6.42 Å². The van der Waals surface area contributed by atoms with Gasteiger partial charge in [0.2, 0.25) is 5.95 Å². The van der Waals surface area contributed by atoms with Crippen LogP contribution in [-0.4, -0.2) is 30.1 Å². The Morgan fingerprint density at radius 2 is 1.74 bits per heavy atom. The van der Waals surface area contributed by atoms with Crippen LogP contribution in [0.4, 0.5) is 10.3 Å². The Morgan fingerprint density at radius 1 is 1.11 bits per heavy atom. The van der Waals surface area contributed by atoms with Gasteiger partial charge in [0.15, 0.2) is 0 Å². The van der Waals surface area contributed by atoms with Crippen molar-refractivity contribution in [3.8, 4) is 11.1 Å². The molecular formula is C14H17FN4. The first-order valence-electron chi connectivity index (χ1n) is 6.20. The van der Waals surface area contributed by atoms with E-state index in [1.165, 1.54) is 12.1 Å². The van der Waals surface area contributed by atoms with Crippen LogP contribution in [-0.2, 0) is 0 Å². The third-order valence-electron chi connectivity index (χ3n) is 2.85. The molecule has 0 fully saturated rings. The highest BCUT2D eigenvalue weighted by Gasteiger charge is 2.04. The quantitative estimate of drug-likeness (QED) is 0.894. The van der Waals surface area contributed by atoms with E-state index >= 15 is 0 Å². The van der Waals surface area contributed by atoms with Crippen LogP contribution in [0.3, 0.4) is 0 Å². The lowest BCUT2D eigenvalue weighted by atomic mass is 10.1. The van der Waals surface area contributed by atoms with Crippen LogP contribution < -0.4 is 10.6 Å². The fraction of sp³-hybridized carbons (Fsp3) is 0.286. The molecule has 0 aliphatic rings. The highest BCUT2D eigenvalue weighted by Crippen LogP contribution is 2.19. The summed E-state index contributed by atoms with van der Waals surface area (Å²) in [6, 6.07) is 6.28. The van der Waals surface area contributed by atoms with Crippen molar-refractivity contribution in [1.82, 2.24) is 9.97 Å². The predicted molar refractivity (Wildman–Crippen MR) is 74.4 cm³/mol. The molecule has 0 aliphatic carbocycles. The standard InChI is InChI=1S/C14H17FN4/c1-19(8-2-7-16)14-17-9-12(10-18-14)11-3-5-13(15)6-4-11/h3-6,9-10H,2,7-8,16H2,1H3. The van der Waals surface area contributed by atoms with Crippen molar-refractivity contribution in [3.63, 3.8) is 0 Å². The number of aromatic nitrogens is 2. The highest BCUT2D eigenvalue weighted by molar-refractivity contribution is 5.61. The summed E-state index contributed by atoms with van der Waals surface area (Å²) in [6.45, 7) is 1.48. The van der Waals surface area contributed by atoms with Crippen molar-refractivity contribution in [2.75, 3.05) is 25.0 Å². The Kier molecular flexibility index (Phi) is 4.41. The van der Waals surface area contributed by atoms with E-state index in [-0.39, 0.29) is 5.82 Å². The van der Waals surface area contributed by atoms with E-state index in [0.717, 1.165) is 24.1 Å².